The lowest BCUT2D eigenvalue weighted by Crippen LogP contribution is -2.41. The number of aliphatic imine (C=N–C) groups is 1. The van der Waals surface area contributed by atoms with Gasteiger partial charge in [0.1, 0.15) is 30.9 Å². The van der Waals surface area contributed by atoms with Gasteiger partial charge in [-0.1, -0.05) is 0 Å². The van der Waals surface area contributed by atoms with Gasteiger partial charge in [0.05, 0.1) is 11.4 Å². The predicted molar refractivity (Wildman–Crippen MR) is 116 cm³/mol. The van der Waals surface area contributed by atoms with E-state index in [0.717, 1.165) is 66.4 Å². The number of amidine groups is 1. The standard InChI is InChI=1S/C22H22N8O2/c23-20(31)17-2-1-6-29(17)18-11-32-10-14-5-7-30-19(14)15(18)9-25-22(30)16-4-3-13(8-24-16)21-26-12-27-28-21/h3-4,8-9,11-12,17H,1-2,5-7,10H2,(H2,23,31)(H,26,27,28)/t17-/m0/s1. The second-order valence-electron chi connectivity index (χ2n) is 8.18. The molecule has 0 aliphatic carbocycles. The van der Waals surface area contributed by atoms with Crippen molar-refractivity contribution in [1.29, 1.82) is 0 Å². The molecule has 1 atom stereocenters. The van der Waals surface area contributed by atoms with Crippen molar-refractivity contribution in [1.82, 2.24) is 30.0 Å². The molecule has 4 aliphatic rings. The maximum absolute atomic E-state index is 12.0. The van der Waals surface area contributed by atoms with E-state index in [4.69, 9.17) is 15.5 Å². The van der Waals surface area contributed by atoms with E-state index in [9.17, 15) is 4.79 Å². The van der Waals surface area contributed by atoms with Gasteiger partial charge in [0.2, 0.25) is 5.91 Å². The van der Waals surface area contributed by atoms with Crippen molar-refractivity contribution in [2.24, 2.45) is 10.7 Å². The number of aromatic amines is 1. The number of hydrogen-bond donors (Lipinski definition) is 2. The number of carbonyl (C=O) groups excluding carboxylic acids is 1. The minimum atomic E-state index is -0.321. The number of aromatic nitrogens is 4. The summed E-state index contributed by atoms with van der Waals surface area (Å²) in [5.41, 5.74) is 11.5. The Balaban J connectivity index is 1.38. The number of pyridine rings is 1. The van der Waals surface area contributed by atoms with Gasteiger partial charge in [-0.3, -0.25) is 14.9 Å². The molecule has 6 heterocycles. The van der Waals surface area contributed by atoms with Crippen molar-refractivity contribution in [3.05, 3.63) is 65.4 Å². The maximum Gasteiger partial charge on any atom is 0.240 e. The molecule has 0 radical (unpaired) electrons. The number of ether oxygens (including phenoxy) is 1. The zero-order valence-electron chi connectivity index (χ0n) is 17.4. The zero-order valence-corrected chi connectivity index (χ0v) is 17.4. The molecule has 4 aliphatic heterocycles. The first kappa shape index (κ1) is 18.8. The summed E-state index contributed by atoms with van der Waals surface area (Å²) < 4.78 is 5.90. The molecule has 0 spiro atoms. The molecule has 2 aromatic rings. The number of likely N-dealkylation sites (tertiary alicyclic amines) is 1. The maximum atomic E-state index is 12.0. The minimum Gasteiger partial charge on any atom is -0.495 e. The molecule has 0 saturated carbocycles. The molecule has 1 amide bonds. The number of nitrogens with one attached hydrogen (secondary N) is 1. The number of hydrogen-bond acceptors (Lipinski definition) is 8. The van der Waals surface area contributed by atoms with Crippen molar-refractivity contribution < 1.29 is 9.53 Å². The highest BCUT2D eigenvalue weighted by atomic mass is 16.5. The number of nitrogens with two attached hydrogens (primary N) is 1. The number of amides is 1. The van der Waals surface area contributed by atoms with Gasteiger partial charge in [0, 0.05) is 36.6 Å². The van der Waals surface area contributed by atoms with Gasteiger partial charge >= 0.3 is 0 Å². The Hall–Kier alpha value is -3.95. The predicted octanol–water partition coefficient (Wildman–Crippen LogP) is 1.29. The van der Waals surface area contributed by atoms with E-state index in [1.54, 1.807) is 12.5 Å². The summed E-state index contributed by atoms with van der Waals surface area (Å²) >= 11 is 0. The van der Waals surface area contributed by atoms with Crippen LogP contribution in [-0.4, -0.2) is 67.4 Å². The minimum absolute atomic E-state index is 0.304. The van der Waals surface area contributed by atoms with Gasteiger partial charge in [-0.25, -0.2) is 9.98 Å². The van der Waals surface area contributed by atoms with Crippen molar-refractivity contribution in [3.63, 3.8) is 0 Å². The zero-order chi connectivity index (χ0) is 21.7. The summed E-state index contributed by atoms with van der Waals surface area (Å²) in [7, 11) is 0. The summed E-state index contributed by atoms with van der Waals surface area (Å²) in [6.45, 7) is 2.10. The summed E-state index contributed by atoms with van der Waals surface area (Å²) in [6, 6.07) is 3.58. The smallest absolute Gasteiger partial charge is 0.240 e. The van der Waals surface area contributed by atoms with Crippen molar-refractivity contribution in [2.75, 3.05) is 19.7 Å². The van der Waals surface area contributed by atoms with Crippen LogP contribution in [0.2, 0.25) is 0 Å². The van der Waals surface area contributed by atoms with Crippen LogP contribution in [0.1, 0.15) is 25.0 Å². The molecule has 10 heteroatoms. The van der Waals surface area contributed by atoms with Crippen LogP contribution in [0.25, 0.3) is 11.4 Å². The molecule has 1 saturated heterocycles. The molecule has 0 aromatic carbocycles. The highest BCUT2D eigenvalue weighted by Crippen LogP contribution is 2.41. The van der Waals surface area contributed by atoms with Gasteiger partial charge in [-0.15, -0.1) is 0 Å². The Morgan fingerprint density at radius 3 is 2.97 bits per heavy atom. The largest absolute Gasteiger partial charge is 0.495 e. The normalized spacial score (nSPS) is 22.1. The van der Waals surface area contributed by atoms with Crippen LogP contribution < -0.4 is 5.73 Å². The van der Waals surface area contributed by atoms with Crippen LogP contribution in [0, 0.1) is 0 Å². The van der Waals surface area contributed by atoms with E-state index in [0.29, 0.717) is 12.4 Å². The SMILES string of the molecule is NC(=O)[C@@H]1CCCN1C1=COCC2=C3C1=CN=C(c1ccc(-c4ncn[nH]4)cn1)N3CC2. The van der Waals surface area contributed by atoms with Crippen molar-refractivity contribution >= 4 is 11.7 Å². The highest BCUT2D eigenvalue weighted by Gasteiger charge is 2.39. The fourth-order valence-electron chi connectivity index (χ4n) is 4.87. The average molecular weight is 430 g/mol. The second-order valence-corrected chi connectivity index (χ2v) is 8.18. The van der Waals surface area contributed by atoms with Crippen LogP contribution in [-0.2, 0) is 9.53 Å². The molecular weight excluding hydrogens is 408 g/mol. The number of carbonyl (C=O) groups is 1. The van der Waals surface area contributed by atoms with Gasteiger partial charge in [-0.05, 0) is 37.0 Å². The first-order valence-corrected chi connectivity index (χ1v) is 10.7. The van der Waals surface area contributed by atoms with E-state index in [1.807, 2.05) is 18.3 Å². The first-order chi connectivity index (χ1) is 15.7. The third kappa shape index (κ3) is 2.90. The Labute approximate surface area is 184 Å². The summed E-state index contributed by atoms with van der Waals surface area (Å²) in [6.07, 6.45) is 9.44. The monoisotopic (exact) mass is 430 g/mol. The number of rotatable bonds is 4. The summed E-state index contributed by atoms with van der Waals surface area (Å²) in [5, 5.41) is 6.74. The third-order valence-corrected chi connectivity index (χ3v) is 6.37. The molecule has 1 fully saturated rings. The number of H-pyrrole nitrogens is 1. The second kappa shape index (κ2) is 7.33. The van der Waals surface area contributed by atoms with Gasteiger partial charge < -0.3 is 20.3 Å². The highest BCUT2D eigenvalue weighted by molar-refractivity contribution is 6.01. The Morgan fingerprint density at radius 1 is 1.25 bits per heavy atom. The molecule has 3 N–H and O–H groups in total. The van der Waals surface area contributed by atoms with Crippen LogP contribution >= 0.6 is 0 Å². The molecule has 32 heavy (non-hydrogen) atoms. The Kier molecular flexibility index (Phi) is 4.30. The quantitative estimate of drug-likeness (QED) is 0.749. The van der Waals surface area contributed by atoms with Crippen LogP contribution in [0.15, 0.2) is 64.7 Å². The van der Waals surface area contributed by atoms with Gasteiger partial charge in [0.15, 0.2) is 11.7 Å². The van der Waals surface area contributed by atoms with Crippen LogP contribution in [0.3, 0.4) is 0 Å². The van der Waals surface area contributed by atoms with Crippen LogP contribution in [0.4, 0.5) is 0 Å². The number of nitrogens with zero attached hydrogens (tertiary/aromatic N) is 6. The summed E-state index contributed by atoms with van der Waals surface area (Å²) in [4.78, 5) is 29.9. The van der Waals surface area contributed by atoms with Gasteiger partial charge in [0.25, 0.3) is 0 Å². The molecule has 0 unspecified atom stereocenters. The average Bonchev–Trinajstić information content (AvgIpc) is 3.56. The topological polar surface area (TPSA) is 126 Å². The third-order valence-electron chi connectivity index (χ3n) is 6.37. The Morgan fingerprint density at radius 2 is 2.19 bits per heavy atom. The van der Waals surface area contributed by atoms with Crippen molar-refractivity contribution in [3.8, 4) is 11.4 Å². The lowest BCUT2D eigenvalue weighted by molar-refractivity contribution is -0.121. The van der Waals surface area contributed by atoms with Gasteiger partial charge in [-0.2, -0.15) is 5.10 Å². The van der Waals surface area contributed by atoms with Crippen molar-refractivity contribution in [2.45, 2.75) is 25.3 Å². The molecule has 0 bridgehead atoms. The lowest BCUT2D eigenvalue weighted by Gasteiger charge is -2.33. The molecular formula is C22H22N8O2. The fraction of sp³-hybridized carbons (Fsp3) is 0.318. The van der Waals surface area contributed by atoms with E-state index in [1.165, 1.54) is 11.9 Å². The van der Waals surface area contributed by atoms with E-state index in [-0.39, 0.29) is 11.9 Å². The molecule has 10 nitrogen and oxygen atoms in total. The lowest BCUT2D eigenvalue weighted by atomic mass is 10.0. The van der Waals surface area contributed by atoms with E-state index in [2.05, 4.69) is 30.0 Å². The first-order valence-electron chi connectivity index (χ1n) is 10.7. The molecule has 162 valence electrons. The van der Waals surface area contributed by atoms with E-state index >= 15 is 0 Å². The molecule has 6 rings (SSSR count). The number of primary amides is 1. The van der Waals surface area contributed by atoms with Crippen LogP contribution in [0.5, 0.6) is 0 Å². The van der Waals surface area contributed by atoms with E-state index < -0.39 is 0 Å². The fourth-order valence-corrected chi connectivity index (χ4v) is 4.87. The molecule has 2 aromatic heterocycles. The summed E-state index contributed by atoms with van der Waals surface area (Å²) in [5.74, 6) is 1.17. The Bertz CT molecular complexity index is 1190.